The van der Waals surface area contributed by atoms with Crippen LogP contribution in [0.5, 0.6) is 0 Å². The maximum absolute atomic E-state index is 5.58. The fourth-order valence-electron chi connectivity index (χ4n) is 0.508. The Bertz CT molecular complexity index is 153. The van der Waals surface area contributed by atoms with Gasteiger partial charge in [-0.15, -0.1) is 0 Å². The molecule has 0 spiro atoms. The van der Waals surface area contributed by atoms with Crippen LogP contribution >= 0.6 is 11.6 Å². The molecule has 0 aliphatic carbocycles. The lowest BCUT2D eigenvalue weighted by atomic mass is 10.5. The van der Waals surface area contributed by atoms with Crippen LogP contribution in [0.2, 0.25) is 0 Å². The van der Waals surface area contributed by atoms with Gasteiger partial charge in [-0.05, 0) is 0 Å². The number of nitrogens with one attached hydrogen (secondary N) is 2. The molecule has 1 aliphatic heterocycles. The summed E-state index contributed by atoms with van der Waals surface area (Å²) in [5, 5.41) is 3.26. The zero-order valence-electron chi connectivity index (χ0n) is 4.63. The summed E-state index contributed by atoms with van der Waals surface area (Å²) in [5.41, 5.74) is 2.43. The third-order valence-electron chi connectivity index (χ3n) is 0.940. The number of nitrogens with zero attached hydrogens (tertiary/aromatic N) is 1. The van der Waals surface area contributed by atoms with Gasteiger partial charge in [-0.2, -0.15) is 0 Å². The molecule has 0 saturated carbocycles. The van der Waals surface area contributed by atoms with E-state index in [1.165, 1.54) is 0 Å². The van der Waals surface area contributed by atoms with Gasteiger partial charge in [-0.25, -0.2) is 10.4 Å². The lowest BCUT2D eigenvalue weighted by Crippen LogP contribution is -2.48. The molecule has 4 nitrogen and oxygen atoms in total. The predicted molar refractivity (Wildman–Crippen MR) is 36.7 cm³/mol. The van der Waals surface area contributed by atoms with Crippen LogP contribution in [-0.2, 0) is 0 Å². The second-order valence-electron chi connectivity index (χ2n) is 1.53. The summed E-state index contributed by atoms with van der Waals surface area (Å²) >= 11 is 5.58. The first-order valence-corrected chi connectivity index (χ1v) is 2.83. The first-order valence-electron chi connectivity index (χ1n) is 2.45. The van der Waals surface area contributed by atoms with Gasteiger partial charge in [-0.1, -0.05) is 11.6 Å². The van der Waals surface area contributed by atoms with Crippen LogP contribution in [0, 0.1) is 0 Å². The molecule has 1 heterocycles. The third-order valence-corrected chi connectivity index (χ3v) is 1.26. The fourth-order valence-corrected chi connectivity index (χ4v) is 0.690. The SMILES string of the molecule is NNC1NC=CN=C1Cl. The number of hydrogen-bond acceptors (Lipinski definition) is 4. The summed E-state index contributed by atoms with van der Waals surface area (Å²) in [7, 11) is 0. The van der Waals surface area contributed by atoms with Gasteiger partial charge in [0.15, 0.2) is 0 Å². The van der Waals surface area contributed by atoms with Crippen LogP contribution in [0.25, 0.3) is 0 Å². The van der Waals surface area contributed by atoms with Crippen molar-refractivity contribution in [3.05, 3.63) is 12.4 Å². The average molecular weight is 147 g/mol. The van der Waals surface area contributed by atoms with Crippen molar-refractivity contribution in [3.63, 3.8) is 0 Å². The molecular weight excluding hydrogens is 140 g/mol. The molecule has 9 heavy (non-hydrogen) atoms. The molecule has 0 amide bonds. The Labute approximate surface area is 57.7 Å². The summed E-state index contributed by atoms with van der Waals surface area (Å²) in [5.74, 6) is 5.08. The zero-order chi connectivity index (χ0) is 6.69. The molecule has 1 unspecified atom stereocenters. The number of hydrazine groups is 1. The number of aliphatic imine (C=N–C) groups is 1. The molecule has 1 rings (SSSR count). The summed E-state index contributed by atoms with van der Waals surface area (Å²) in [6, 6.07) is 0. The van der Waals surface area contributed by atoms with Crippen LogP contribution < -0.4 is 16.6 Å². The average Bonchev–Trinajstić information content (AvgIpc) is 1.89. The van der Waals surface area contributed by atoms with E-state index in [0.29, 0.717) is 5.17 Å². The highest BCUT2D eigenvalue weighted by atomic mass is 35.5. The molecule has 50 valence electrons. The van der Waals surface area contributed by atoms with Gasteiger partial charge >= 0.3 is 0 Å². The first kappa shape index (κ1) is 6.54. The highest BCUT2D eigenvalue weighted by Crippen LogP contribution is 1.96. The van der Waals surface area contributed by atoms with Crippen molar-refractivity contribution in [2.24, 2.45) is 10.8 Å². The van der Waals surface area contributed by atoms with Crippen molar-refractivity contribution in [2.45, 2.75) is 6.17 Å². The highest BCUT2D eigenvalue weighted by molar-refractivity contribution is 6.66. The number of nitrogens with two attached hydrogens (primary N) is 1. The molecule has 0 fully saturated rings. The van der Waals surface area contributed by atoms with E-state index in [1.54, 1.807) is 12.4 Å². The summed E-state index contributed by atoms with van der Waals surface area (Å²) < 4.78 is 0. The molecular formula is C4H7ClN4. The minimum Gasteiger partial charge on any atom is -0.368 e. The van der Waals surface area contributed by atoms with E-state index in [0.717, 1.165) is 0 Å². The third kappa shape index (κ3) is 1.41. The minimum absolute atomic E-state index is 0.239. The maximum atomic E-state index is 5.58. The number of hydrogen-bond donors (Lipinski definition) is 3. The Balaban J connectivity index is 2.59. The van der Waals surface area contributed by atoms with E-state index in [2.05, 4.69) is 15.7 Å². The fraction of sp³-hybridized carbons (Fsp3) is 0.250. The minimum atomic E-state index is -0.239. The molecule has 1 atom stereocenters. The van der Waals surface area contributed by atoms with Crippen molar-refractivity contribution in [2.75, 3.05) is 0 Å². The lowest BCUT2D eigenvalue weighted by molar-refractivity contribution is 0.599. The molecule has 0 aromatic heterocycles. The summed E-state index contributed by atoms with van der Waals surface area (Å²) in [6.07, 6.45) is 2.99. The molecule has 1 aliphatic rings. The van der Waals surface area contributed by atoms with Crippen molar-refractivity contribution >= 4 is 16.8 Å². The second-order valence-corrected chi connectivity index (χ2v) is 1.92. The highest BCUT2D eigenvalue weighted by Gasteiger charge is 2.10. The van der Waals surface area contributed by atoms with E-state index in [-0.39, 0.29) is 6.17 Å². The number of halogens is 1. The molecule has 0 bridgehead atoms. The standard InChI is InChI=1S/C4H7ClN4/c5-3-4(9-6)8-2-1-7-3/h1-2,4,8-9H,6H2. The van der Waals surface area contributed by atoms with Crippen molar-refractivity contribution in [1.82, 2.24) is 10.7 Å². The van der Waals surface area contributed by atoms with Gasteiger partial charge in [0.25, 0.3) is 0 Å². The Kier molecular flexibility index (Phi) is 2.05. The maximum Gasteiger partial charge on any atom is 0.144 e. The normalized spacial score (nSPS) is 25.1. The monoisotopic (exact) mass is 146 g/mol. The Hall–Kier alpha value is -0.580. The topological polar surface area (TPSA) is 62.4 Å². The van der Waals surface area contributed by atoms with Crippen LogP contribution in [0.15, 0.2) is 17.4 Å². The quantitative estimate of drug-likeness (QED) is 0.345. The van der Waals surface area contributed by atoms with Crippen LogP contribution in [0.4, 0.5) is 0 Å². The van der Waals surface area contributed by atoms with Crippen LogP contribution in [0.1, 0.15) is 0 Å². The largest absolute Gasteiger partial charge is 0.368 e. The van der Waals surface area contributed by atoms with Crippen molar-refractivity contribution in [3.8, 4) is 0 Å². The van der Waals surface area contributed by atoms with E-state index in [9.17, 15) is 0 Å². The van der Waals surface area contributed by atoms with Gasteiger partial charge in [0.2, 0.25) is 0 Å². The van der Waals surface area contributed by atoms with Crippen molar-refractivity contribution in [1.29, 1.82) is 0 Å². The van der Waals surface area contributed by atoms with Gasteiger partial charge in [0, 0.05) is 12.4 Å². The summed E-state index contributed by atoms with van der Waals surface area (Å²) in [4.78, 5) is 3.78. The Morgan fingerprint density at radius 1 is 1.89 bits per heavy atom. The predicted octanol–water partition coefficient (Wildman–Crippen LogP) is -0.512. The lowest BCUT2D eigenvalue weighted by Gasteiger charge is -2.15. The van der Waals surface area contributed by atoms with E-state index in [4.69, 9.17) is 17.4 Å². The molecule has 0 aromatic carbocycles. The molecule has 0 saturated heterocycles. The first-order chi connectivity index (χ1) is 4.34. The second kappa shape index (κ2) is 2.82. The number of rotatable bonds is 1. The zero-order valence-corrected chi connectivity index (χ0v) is 5.39. The summed E-state index contributed by atoms with van der Waals surface area (Å²) in [6.45, 7) is 0. The molecule has 0 radical (unpaired) electrons. The molecule has 5 heteroatoms. The van der Waals surface area contributed by atoms with Crippen LogP contribution in [0.3, 0.4) is 0 Å². The smallest absolute Gasteiger partial charge is 0.144 e. The van der Waals surface area contributed by atoms with Gasteiger partial charge in [0.05, 0.1) is 0 Å². The van der Waals surface area contributed by atoms with E-state index in [1.807, 2.05) is 0 Å². The van der Waals surface area contributed by atoms with Gasteiger partial charge in [-0.3, -0.25) is 5.84 Å². The van der Waals surface area contributed by atoms with Crippen LogP contribution in [-0.4, -0.2) is 11.3 Å². The van der Waals surface area contributed by atoms with E-state index < -0.39 is 0 Å². The van der Waals surface area contributed by atoms with E-state index >= 15 is 0 Å². The molecule has 0 aromatic rings. The Morgan fingerprint density at radius 2 is 2.67 bits per heavy atom. The van der Waals surface area contributed by atoms with Crippen molar-refractivity contribution < 1.29 is 0 Å². The van der Waals surface area contributed by atoms with Gasteiger partial charge in [0.1, 0.15) is 11.3 Å². The molecule has 4 N–H and O–H groups in total. The van der Waals surface area contributed by atoms with Gasteiger partial charge < -0.3 is 5.32 Å². The Morgan fingerprint density at radius 3 is 3.11 bits per heavy atom.